The lowest BCUT2D eigenvalue weighted by Crippen LogP contribution is -2.43. The van der Waals surface area contributed by atoms with Crippen molar-refractivity contribution in [3.05, 3.63) is 11.6 Å². The predicted octanol–water partition coefficient (Wildman–Crippen LogP) is 2.36. The lowest BCUT2D eigenvalue weighted by atomic mass is 9.76. The molecule has 96 valence electrons. The van der Waals surface area contributed by atoms with E-state index in [0.717, 1.165) is 37.5 Å². The molecule has 2 unspecified atom stereocenters. The van der Waals surface area contributed by atoms with Crippen LogP contribution < -0.4 is 5.73 Å². The Balaban J connectivity index is 2.31. The van der Waals surface area contributed by atoms with Crippen LogP contribution in [0.5, 0.6) is 0 Å². The summed E-state index contributed by atoms with van der Waals surface area (Å²) in [6, 6.07) is 0. The molecule has 0 aromatic carbocycles. The third kappa shape index (κ3) is 2.37. The number of hydrogen-bond donors (Lipinski definition) is 1. The summed E-state index contributed by atoms with van der Waals surface area (Å²) in [5, 5.41) is 8.57. The van der Waals surface area contributed by atoms with Crippen LogP contribution >= 0.6 is 0 Å². The lowest BCUT2D eigenvalue weighted by molar-refractivity contribution is 0.221. The standard InChI is InChI=1S/C13H24N4/c1-4-8-17-11(3)15-16-12(17)13(14)7-5-6-10(2)9-13/h10H,4-9,14H2,1-3H3. The van der Waals surface area contributed by atoms with E-state index in [1.807, 2.05) is 6.92 Å². The summed E-state index contributed by atoms with van der Waals surface area (Å²) in [6.07, 6.45) is 5.67. The molecule has 4 heteroatoms. The fourth-order valence-corrected chi connectivity index (χ4v) is 3.04. The summed E-state index contributed by atoms with van der Waals surface area (Å²) < 4.78 is 2.21. The third-order valence-corrected chi connectivity index (χ3v) is 3.86. The molecule has 0 saturated heterocycles. The highest BCUT2D eigenvalue weighted by molar-refractivity contribution is 5.10. The number of aromatic nitrogens is 3. The minimum Gasteiger partial charge on any atom is -0.319 e. The van der Waals surface area contributed by atoms with Gasteiger partial charge in [0.25, 0.3) is 0 Å². The SMILES string of the molecule is CCCn1c(C)nnc1C1(N)CCCC(C)C1. The van der Waals surface area contributed by atoms with E-state index in [0.29, 0.717) is 5.92 Å². The normalized spacial score (nSPS) is 29.5. The summed E-state index contributed by atoms with van der Waals surface area (Å²) >= 11 is 0. The fraction of sp³-hybridized carbons (Fsp3) is 0.846. The molecule has 2 atom stereocenters. The molecule has 1 aromatic heterocycles. The molecule has 0 radical (unpaired) electrons. The van der Waals surface area contributed by atoms with Gasteiger partial charge >= 0.3 is 0 Å². The van der Waals surface area contributed by atoms with E-state index >= 15 is 0 Å². The Morgan fingerprint density at radius 1 is 1.47 bits per heavy atom. The van der Waals surface area contributed by atoms with E-state index in [4.69, 9.17) is 5.73 Å². The topological polar surface area (TPSA) is 56.7 Å². The summed E-state index contributed by atoms with van der Waals surface area (Å²) in [5.41, 5.74) is 6.34. The van der Waals surface area contributed by atoms with Crippen molar-refractivity contribution in [1.82, 2.24) is 14.8 Å². The maximum absolute atomic E-state index is 6.59. The van der Waals surface area contributed by atoms with Crippen molar-refractivity contribution in [2.24, 2.45) is 11.7 Å². The molecule has 1 aromatic rings. The van der Waals surface area contributed by atoms with E-state index in [9.17, 15) is 0 Å². The summed E-state index contributed by atoms with van der Waals surface area (Å²) in [7, 11) is 0. The Kier molecular flexibility index (Phi) is 3.52. The first-order valence-corrected chi connectivity index (χ1v) is 6.76. The van der Waals surface area contributed by atoms with Crippen LogP contribution in [0.25, 0.3) is 0 Å². The number of aryl methyl sites for hydroxylation is 1. The average molecular weight is 236 g/mol. The molecular weight excluding hydrogens is 212 g/mol. The van der Waals surface area contributed by atoms with Crippen LogP contribution in [0.1, 0.15) is 57.6 Å². The highest BCUT2D eigenvalue weighted by Gasteiger charge is 2.37. The Labute approximate surface area is 104 Å². The number of rotatable bonds is 3. The van der Waals surface area contributed by atoms with Crippen LogP contribution in [-0.2, 0) is 12.1 Å². The zero-order valence-electron chi connectivity index (χ0n) is 11.2. The van der Waals surface area contributed by atoms with Crippen LogP contribution in [-0.4, -0.2) is 14.8 Å². The maximum Gasteiger partial charge on any atom is 0.153 e. The van der Waals surface area contributed by atoms with E-state index < -0.39 is 0 Å². The molecular formula is C13H24N4. The summed E-state index contributed by atoms with van der Waals surface area (Å²) in [6.45, 7) is 7.45. The van der Waals surface area contributed by atoms with E-state index in [1.54, 1.807) is 0 Å². The van der Waals surface area contributed by atoms with Gasteiger partial charge in [0.1, 0.15) is 5.82 Å². The minimum absolute atomic E-state index is 0.256. The van der Waals surface area contributed by atoms with Gasteiger partial charge in [-0.3, -0.25) is 0 Å². The molecule has 1 saturated carbocycles. The first-order chi connectivity index (χ1) is 8.07. The van der Waals surface area contributed by atoms with Gasteiger partial charge in [0, 0.05) is 6.54 Å². The van der Waals surface area contributed by atoms with Crippen molar-refractivity contribution < 1.29 is 0 Å². The maximum atomic E-state index is 6.59. The molecule has 0 aliphatic heterocycles. The molecule has 2 N–H and O–H groups in total. The Hall–Kier alpha value is -0.900. The van der Waals surface area contributed by atoms with E-state index in [-0.39, 0.29) is 5.54 Å². The second-order valence-corrected chi connectivity index (χ2v) is 5.58. The Bertz CT molecular complexity index is 385. The molecule has 1 aliphatic carbocycles. The number of hydrogen-bond acceptors (Lipinski definition) is 3. The molecule has 1 fully saturated rings. The highest BCUT2D eigenvalue weighted by atomic mass is 15.3. The van der Waals surface area contributed by atoms with Gasteiger partial charge in [-0.2, -0.15) is 0 Å². The first-order valence-electron chi connectivity index (χ1n) is 6.76. The van der Waals surface area contributed by atoms with Gasteiger partial charge < -0.3 is 10.3 Å². The number of nitrogens with zero attached hydrogens (tertiary/aromatic N) is 3. The van der Waals surface area contributed by atoms with Crippen molar-refractivity contribution in [1.29, 1.82) is 0 Å². The molecule has 17 heavy (non-hydrogen) atoms. The van der Waals surface area contributed by atoms with E-state index in [1.165, 1.54) is 12.8 Å². The van der Waals surface area contributed by atoms with Crippen LogP contribution in [0.3, 0.4) is 0 Å². The van der Waals surface area contributed by atoms with Gasteiger partial charge in [-0.15, -0.1) is 10.2 Å². The van der Waals surface area contributed by atoms with Crippen molar-refractivity contribution >= 4 is 0 Å². The minimum atomic E-state index is -0.256. The predicted molar refractivity (Wildman–Crippen MR) is 68.5 cm³/mol. The monoisotopic (exact) mass is 236 g/mol. The molecule has 1 aliphatic rings. The Morgan fingerprint density at radius 3 is 2.88 bits per heavy atom. The average Bonchev–Trinajstić information content (AvgIpc) is 2.61. The van der Waals surface area contributed by atoms with Crippen LogP contribution in [0.2, 0.25) is 0 Å². The first kappa shape index (κ1) is 12.6. The lowest BCUT2D eigenvalue weighted by Gasteiger charge is -2.36. The van der Waals surface area contributed by atoms with Gasteiger partial charge in [-0.05, 0) is 32.1 Å². The fourth-order valence-electron chi connectivity index (χ4n) is 3.04. The van der Waals surface area contributed by atoms with Crippen LogP contribution in [0.15, 0.2) is 0 Å². The van der Waals surface area contributed by atoms with E-state index in [2.05, 4.69) is 28.6 Å². The van der Waals surface area contributed by atoms with Gasteiger partial charge in [-0.1, -0.05) is 26.7 Å². The molecule has 4 nitrogen and oxygen atoms in total. The Morgan fingerprint density at radius 2 is 2.24 bits per heavy atom. The van der Waals surface area contributed by atoms with Gasteiger partial charge in [-0.25, -0.2) is 0 Å². The van der Waals surface area contributed by atoms with Crippen molar-refractivity contribution in [3.63, 3.8) is 0 Å². The van der Waals surface area contributed by atoms with Crippen molar-refractivity contribution in [2.75, 3.05) is 0 Å². The van der Waals surface area contributed by atoms with Gasteiger partial charge in [0.05, 0.1) is 5.54 Å². The summed E-state index contributed by atoms with van der Waals surface area (Å²) in [5.74, 6) is 2.69. The van der Waals surface area contributed by atoms with Crippen molar-refractivity contribution in [3.8, 4) is 0 Å². The second-order valence-electron chi connectivity index (χ2n) is 5.58. The zero-order valence-corrected chi connectivity index (χ0v) is 11.2. The molecule has 0 spiro atoms. The zero-order chi connectivity index (χ0) is 12.5. The van der Waals surface area contributed by atoms with Gasteiger partial charge in [0.2, 0.25) is 0 Å². The highest BCUT2D eigenvalue weighted by Crippen LogP contribution is 2.37. The third-order valence-electron chi connectivity index (χ3n) is 3.86. The van der Waals surface area contributed by atoms with Crippen LogP contribution in [0, 0.1) is 12.8 Å². The number of nitrogens with two attached hydrogens (primary N) is 1. The smallest absolute Gasteiger partial charge is 0.153 e. The van der Waals surface area contributed by atoms with Gasteiger partial charge in [0.15, 0.2) is 5.82 Å². The molecule has 0 amide bonds. The van der Waals surface area contributed by atoms with Crippen molar-refractivity contribution in [2.45, 2.75) is 65.0 Å². The quantitative estimate of drug-likeness (QED) is 0.876. The van der Waals surface area contributed by atoms with Crippen LogP contribution in [0.4, 0.5) is 0 Å². The largest absolute Gasteiger partial charge is 0.319 e. The molecule has 0 bridgehead atoms. The molecule has 1 heterocycles. The summed E-state index contributed by atoms with van der Waals surface area (Å²) in [4.78, 5) is 0. The molecule has 2 rings (SSSR count). The second kappa shape index (κ2) is 4.77.